The van der Waals surface area contributed by atoms with E-state index in [0.717, 1.165) is 11.1 Å². The Morgan fingerprint density at radius 3 is 2.65 bits per heavy atom. The molecule has 0 aliphatic heterocycles. The summed E-state index contributed by atoms with van der Waals surface area (Å²) in [6.45, 7) is 0.456. The number of benzene rings is 2. The summed E-state index contributed by atoms with van der Waals surface area (Å²) in [6, 6.07) is 14.2. The molecular formula is C16H16ClNO2. The van der Waals surface area contributed by atoms with Gasteiger partial charge < -0.3 is 10.0 Å². The molecule has 0 radical (unpaired) electrons. The Morgan fingerprint density at radius 1 is 1.20 bits per heavy atom. The molecule has 0 aliphatic carbocycles. The van der Waals surface area contributed by atoms with Crippen molar-refractivity contribution in [2.75, 3.05) is 7.05 Å². The summed E-state index contributed by atoms with van der Waals surface area (Å²) in [5, 5.41) is 10.0. The molecule has 0 aliphatic rings. The van der Waals surface area contributed by atoms with E-state index in [4.69, 9.17) is 11.6 Å². The van der Waals surface area contributed by atoms with Crippen LogP contribution in [0, 0.1) is 0 Å². The lowest BCUT2D eigenvalue weighted by molar-refractivity contribution is -0.129. The van der Waals surface area contributed by atoms with Gasteiger partial charge in [-0.1, -0.05) is 41.9 Å². The smallest absolute Gasteiger partial charge is 0.227 e. The van der Waals surface area contributed by atoms with Crippen molar-refractivity contribution in [3.8, 4) is 5.75 Å². The van der Waals surface area contributed by atoms with E-state index < -0.39 is 0 Å². The molecule has 3 nitrogen and oxygen atoms in total. The summed E-state index contributed by atoms with van der Waals surface area (Å²) in [5.41, 5.74) is 1.71. The van der Waals surface area contributed by atoms with Crippen molar-refractivity contribution in [2.45, 2.75) is 13.0 Å². The number of carbonyl (C=O) groups is 1. The number of hydrogen-bond acceptors (Lipinski definition) is 2. The maximum absolute atomic E-state index is 12.2. The van der Waals surface area contributed by atoms with Crippen LogP contribution in [-0.2, 0) is 17.8 Å². The van der Waals surface area contributed by atoms with Gasteiger partial charge in [0.05, 0.1) is 6.42 Å². The molecule has 104 valence electrons. The summed E-state index contributed by atoms with van der Waals surface area (Å²) in [5.74, 6) is 0.191. The molecular weight excluding hydrogens is 274 g/mol. The van der Waals surface area contributed by atoms with Gasteiger partial charge in [0.25, 0.3) is 0 Å². The van der Waals surface area contributed by atoms with Gasteiger partial charge in [0.1, 0.15) is 5.75 Å². The van der Waals surface area contributed by atoms with Crippen LogP contribution in [0.3, 0.4) is 0 Å². The van der Waals surface area contributed by atoms with Gasteiger partial charge in [0, 0.05) is 18.6 Å². The molecule has 1 N–H and O–H groups in total. The first-order valence-corrected chi connectivity index (χ1v) is 6.69. The molecule has 2 aromatic carbocycles. The Morgan fingerprint density at radius 2 is 1.95 bits per heavy atom. The van der Waals surface area contributed by atoms with Crippen molar-refractivity contribution in [1.29, 1.82) is 0 Å². The summed E-state index contributed by atoms with van der Waals surface area (Å²) < 4.78 is 0. The standard InChI is InChI=1S/C16H16ClNO2/c1-18(11-12-5-4-7-14(19)9-12)16(20)10-13-6-2-3-8-15(13)17/h2-9,19H,10-11H2,1H3. The van der Waals surface area contributed by atoms with E-state index in [-0.39, 0.29) is 18.1 Å². The van der Waals surface area contributed by atoms with Gasteiger partial charge in [-0.3, -0.25) is 4.79 Å². The number of hydrogen-bond donors (Lipinski definition) is 1. The quantitative estimate of drug-likeness (QED) is 0.938. The van der Waals surface area contributed by atoms with Crippen molar-refractivity contribution in [1.82, 2.24) is 4.90 Å². The van der Waals surface area contributed by atoms with Crippen molar-refractivity contribution in [3.05, 3.63) is 64.7 Å². The summed E-state index contributed by atoms with van der Waals surface area (Å²) >= 11 is 6.05. The average Bonchev–Trinajstić information content (AvgIpc) is 2.41. The number of phenolic OH excluding ortho intramolecular Hbond substituents is 1. The SMILES string of the molecule is CN(Cc1cccc(O)c1)C(=O)Cc1ccccc1Cl. The fourth-order valence-corrected chi connectivity index (χ4v) is 2.16. The van der Waals surface area contributed by atoms with Crippen molar-refractivity contribution >= 4 is 17.5 Å². The maximum atomic E-state index is 12.2. The first-order chi connectivity index (χ1) is 9.56. The molecule has 0 saturated heterocycles. The molecule has 0 aromatic heterocycles. The monoisotopic (exact) mass is 289 g/mol. The van der Waals surface area contributed by atoms with Crippen LogP contribution in [0.1, 0.15) is 11.1 Å². The molecule has 0 unspecified atom stereocenters. The van der Waals surface area contributed by atoms with E-state index in [0.29, 0.717) is 11.6 Å². The highest BCUT2D eigenvalue weighted by atomic mass is 35.5. The minimum absolute atomic E-state index is 0.0126. The highest BCUT2D eigenvalue weighted by molar-refractivity contribution is 6.31. The lowest BCUT2D eigenvalue weighted by atomic mass is 10.1. The third-order valence-electron chi connectivity index (χ3n) is 3.06. The number of carbonyl (C=O) groups excluding carboxylic acids is 1. The summed E-state index contributed by atoms with van der Waals surface area (Å²) in [4.78, 5) is 13.8. The second kappa shape index (κ2) is 6.44. The minimum atomic E-state index is -0.0126. The van der Waals surface area contributed by atoms with E-state index in [9.17, 15) is 9.90 Å². The van der Waals surface area contributed by atoms with Crippen LogP contribution < -0.4 is 0 Å². The molecule has 4 heteroatoms. The third-order valence-corrected chi connectivity index (χ3v) is 3.42. The zero-order valence-electron chi connectivity index (χ0n) is 11.2. The minimum Gasteiger partial charge on any atom is -0.508 e. The summed E-state index contributed by atoms with van der Waals surface area (Å²) in [6.07, 6.45) is 0.273. The van der Waals surface area contributed by atoms with Gasteiger partial charge in [-0.25, -0.2) is 0 Å². The fourth-order valence-electron chi connectivity index (χ4n) is 1.96. The van der Waals surface area contributed by atoms with E-state index >= 15 is 0 Å². The van der Waals surface area contributed by atoms with Gasteiger partial charge >= 0.3 is 0 Å². The predicted octanol–water partition coefficient (Wildman–Crippen LogP) is 3.25. The summed E-state index contributed by atoms with van der Waals surface area (Å²) in [7, 11) is 1.74. The Labute approximate surface area is 123 Å². The van der Waals surface area contributed by atoms with Gasteiger partial charge in [-0.15, -0.1) is 0 Å². The number of aromatic hydroxyl groups is 1. The molecule has 0 atom stereocenters. The third kappa shape index (κ3) is 3.75. The van der Waals surface area contributed by atoms with Crippen LogP contribution in [0.4, 0.5) is 0 Å². The van der Waals surface area contributed by atoms with E-state index in [1.165, 1.54) is 0 Å². The first kappa shape index (κ1) is 14.4. The van der Waals surface area contributed by atoms with Crippen LogP contribution in [0.2, 0.25) is 5.02 Å². The van der Waals surface area contributed by atoms with Gasteiger partial charge in [0.15, 0.2) is 0 Å². The van der Waals surface area contributed by atoms with Gasteiger partial charge in [0.2, 0.25) is 5.91 Å². The molecule has 1 amide bonds. The van der Waals surface area contributed by atoms with Gasteiger partial charge in [-0.2, -0.15) is 0 Å². The van der Waals surface area contributed by atoms with Gasteiger partial charge in [-0.05, 0) is 29.3 Å². The number of likely N-dealkylation sites (N-methyl/N-ethyl adjacent to an activating group) is 1. The maximum Gasteiger partial charge on any atom is 0.227 e. The van der Waals surface area contributed by atoms with Crippen LogP contribution in [-0.4, -0.2) is 23.0 Å². The molecule has 0 heterocycles. The second-order valence-electron chi connectivity index (χ2n) is 4.69. The number of phenols is 1. The van der Waals surface area contributed by atoms with Crippen molar-refractivity contribution in [3.63, 3.8) is 0 Å². The van der Waals surface area contributed by atoms with E-state index in [2.05, 4.69) is 0 Å². The molecule has 2 rings (SSSR count). The molecule has 0 bridgehead atoms. The highest BCUT2D eigenvalue weighted by Gasteiger charge is 2.12. The highest BCUT2D eigenvalue weighted by Crippen LogP contribution is 2.17. The van der Waals surface area contributed by atoms with E-state index in [1.54, 1.807) is 36.2 Å². The number of amides is 1. The average molecular weight is 290 g/mol. The van der Waals surface area contributed by atoms with Crippen molar-refractivity contribution < 1.29 is 9.90 Å². The second-order valence-corrected chi connectivity index (χ2v) is 5.10. The Bertz CT molecular complexity index is 613. The van der Waals surface area contributed by atoms with Crippen LogP contribution in [0.5, 0.6) is 5.75 Å². The predicted molar refractivity (Wildman–Crippen MR) is 79.7 cm³/mol. The lowest BCUT2D eigenvalue weighted by Crippen LogP contribution is -2.27. The van der Waals surface area contributed by atoms with Crippen LogP contribution in [0.25, 0.3) is 0 Å². The Kier molecular flexibility index (Phi) is 4.64. The molecule has 2 aromatic rings. The fraction of sp³-hybridized carbons (Fsp3) is 0.188. The Hall–Kier alpha value is -2.00. The topological polar surface area (TPSA) is 40.5 Å². The zero-order valence-corrected chi connectivity index (χ0v) is 12.0. The van der Waals surface area contributed by atoms with Crippen LogP contribution in [0.15, 0.2) is 48.5 Å². The normalized spacial score (nSPS) is 10.3. The molecule has 0 saturated carbocycles. The largest absolute Gasteiger partial charge is 0.508 e. The van der Waals surface area contributed by atoms with Crippen molar-refractivity contribution in [2.24, 2.45) is 0 Å². The zero-order chi connectivity index (χ0) is 14.5. The molecule has 0 spiro atoms. The van der Waals surface area contributed by atoms with E-state index in [1.807, 2.05) is 24.3 Å². The number of nitrogens with zero attached hydrogens (tertiary/aromatic N) is 1. The van der Waals surface area contributed by atoms with Crippen LogP contribution >= 0.6 is 11.6 Å². The first-order valence-electron chi connectivity index (χ1n) is 6.31. The Balaban J connectivity index is 2.01. The molecule has 0 fully saturated rings. The molecule has 20 heavy (non-hydrogen) atoms. The number of rotatable bonds is 4. The lowest BCUT2D eigenvalue weighted by Gasteiger charge is -2.17. The number of halogens is 1.